The Morgan fingerprint density at radius 3 is 2.89 bits per heavy atom. The molecule has 98 valence electrons. The number of carbonyl (C=O) groups is 2. The van der Waals surface area contributed by atoms with E-state index in [2.05, 4.69) is 0 Å². The zero-order chi connectivity index (χ0) is 13.3. The van der Waals surface area contributed by atoms with Crippen LogP contribution in [0.1, 0.15) is 36.4 Å². The van der Waals surface area contributed by atoms with E-state index in [0.717, 1.165) is 6.42 Å². The lowest BCUT2D eigenvalue weighted by Gasteiger charge is -2.23. The van der Waals surface area contributed by atoms with E-state index >= 15 is 0 Å². The minimum Gasteiger partial charge on any atom is -0.480 e. The molecule has 2 unspecified atom stereocenters. The number of carboxylic acids is 1. The van der Waals surface area contributed by atoms with Gasteiger partial charge in [0.15, 0.2) is 0 Å². The fraction of sp³-hybridized carbons (Fsp3) is 0.538. The molecule has 5 heteroatoms. The highest BCUT2D eigenvalue weighted by atomic mass is 16.4. The summed E-state index contributed by atoms with van der Waals surface area (Å²) < 4.78 is 5.22. The van der Waals surface area contributed by atoms with E-state index in [1.54, 1.807) is 6.07 Å². The first-order chi connectivity index (χ1) is 8.56. The lowest BCUT2D eigenvalue weighted by Crippen LogP contribution is -2.42. The third kappa shape index (κ3) is 2.00. The van der Waals surface area contributed by atoms with Crippen LogP contribution in [-0.2, 0) is 11.2 Å². The van der Waals surface area contributed by atoms with Crippen molar-refractivity contribution in [2.75, 3.05) is 6.54 Å². The molecule has 1 aromatic rings. The molecular formula is C13H17NO4. The predicted molar refractivity (Wildman–Crippen MR) is 64.3 cm³/mol. The number of furan rings is 1. The van der Waals surface area contributed by atoms with Crippen molar-refractivity contribution in [1.29, 1.82) is 0 Å². The van der Waals surface area contributed by atoms with Gasteiger partial charge in [-0.1, -0.05) is 13.8 Å². The average Bonchev–Trinajstić information content (AvgIpc) is 2.93. The van der Waals surface area contributed by atoms with Crippen molar-refractivity contribution in [3.8, 4) is 0 Å². The second-order valence-electron chi connectivity index (χ2n) is 4.66. The molecule has 1 aromatic heterocycles. The first-order valence-electron chi connectivity index (χ1n) is 6.16. The quantitative estimate of drug-likeness (QED) is 0.888. The number of rotatable bonds is 3. The maximum Gasteiger partial charge on any atom is 0.326 e. The Bertz CT molecular complexity index is 465. The van der Waals surface area contributed by atoms with Crippen molar-refractivity contribution in [2.24, 2.45) is 5.92 Å². The third-order valence-corrected chi connectivity index (χ3v) is 3.51. The summed E-state index contributed by atoms with van der Waals surface area (Å²) in [5.41, 5.74) is 0.484. The molecule has 0 bridgehead atoms. The Morgan fingerprint density at radius 2 is 2.28 bits per heavy atom. The van der Waals surface area contributed by atoms with Crippen molar-refractivity contribution < 1.29 is 19.1 Å². The van der Waals surface area contributed by atoms with Gasteiger partial charge in [-0.15, -0.1) is 0 Å². The molecule has 0 saturated carbocycles. The highest BCUT2D eigenvalue weighted by Crippen LogP contribution is 2.27. The Morgan fingerprint density at radius 1 is 1.56 bits per heavy atom. The van der Waals surface area contributed by atoms with E-state index in [9.17, 15) is 14.7 Å². The van der Waals surface area contributed by atoms with Gasteiger partial charge in [-0.25, -0.2) is 4.79 Å². The zero-order valence-corrected chi connectivity index (χ0v) is 10.5. The number of hydrogen-bond donors (Lipinski definition) is 1. The minimum absolute atomic E-state index is 0.0107. The zero-order valence-electron chi connectivity index (χ0n) is 10.5. The molecule has 2 atom stereocenters. The summed E-state index contributed by atoms with van der Waals surface area (Å²) in [6.45, 7) is 4.25. The smallest absolute Gasteiger partial charge is 0.326 e. The topological polar surface area (TPSA) is 70.8 Å². The maximum atomic E-state index is 12.4. The number of aliphatic carboxylic acids is 1. The van der Waals surface area contributed by atoms with E-state index in [4.69, 9.17) is 4.42 Å². The van der Waals surface area contributed by atoms with E-state index in [1.165, 1.54) is 11.2 Å². The molecule has 1 saturated heterocycles. The number of hydrogen-bond acceptors (Lipinski definition) is 3. The number of likely N-dealkylation sites (tertiary alicyclic amines) is 1. The summed E-state index contributed by atoms with van der Waals surface area (Å²) in [6, 6.07) is 0.889. The fourth-order valence-electron chi connectivity index (χ4n) is 2.51. The van der Waals surface area contributed by atoms with E-state index in [0.29, 0.717) is 24.3 Å². The first kappa shape index (κ1) is 12.7. The van der Waals surface area contributed by atoms with Crippen LogP contribution in [0.15, 0.2) is 16.7 Å². The summed E-state index contributed by atoms with van der Waals surface area (Å²) in [5, 5.41) is 9.21. The van der Waals surface area contributed by atoms with Crippen LogP contribution in [0.4, 0.5) is 0 Å². The second kappa shape index (κ2) is 4.84. The molecule has 5 nitrogen and oxygen atoms in total. The molecule has 1 aliphatic rings. The van der Waals surface area contributed by atoms with Crippen LogP contribution in [0.3, 0.4) is 0 Å². The van der Waals surface area contributed by atoms with Gasteiger partial charge in [0.2, 0.25) is 0 Å². The maximum absolute atomic E-state index is 12.4. The second-order valence-corrected chi connectivity index (χ2v) is 4.66. The molecule has 2 rings (SSSR count). The Labute approximate surface area is 105 Å². The summed E-state index contributed by atoms with van der Waals surface area (Å²) in [4.78, 5) is 25.0. The Kier molecular flexibility index (Phi) is 3.41. The van der Waals surface area contributed by atoms with Gasteiger partial charge in [0.05, 0.1) is 11.8 Å². The minimum atomic E-state index is -0.935. The van der Waals surface area contributed by atoms with Gasteiger partial charge in [-0.05, 0) is 18.4 Å². The molecule has 0 aliphatic carbocycles. The molecule has 1 amide bonds. The van der Waals surface area contributed by atoms with Crippen LogP contribution in [0, 0.1) is 5.92 Å². The van der Waals surface area contributed by atoms with E-state index < -0.39 is 12.0 Å². The lowest BCUT2D eigenvalue weighted by molar-refractivity contribution is -0.142. The van der Waals surface area contributed by atoms with Gasteiger partial charge in [0.25, 0.3) is 5.91 Å². The molecular weight excluding hydrogens is 234 g/mol. The normalized spacial score (nSPS) is 23.3. The molecule has 1 fully saturated rings. The summed E-state index contributed by atoms with van der Waals surface area (Å²) >= 11 is 0. The van der Waals surface area contributed by atoms with E-state index in [-0.39, 0.29) is 11.8 Å². The number of carbonyl (C=O) groups excluding carboxylic acids is 1. The molecule has 0 radical (unpaired) electrons. The van der Waals surface area contributed by atoms with Crippen LogP contribution in [-0.4, -0.2) is 34.5 Å². The van der Waals surface area contributed by atoms with Crippen LogP contribution >= 0.6 is 0 Å². The monoisotopic (exact) mass is 251 g/mol. The number of amides is 1. The van der Waals surface area contributed by atoms with Crippen molar-refractivity contribution in [3.05, 3.63) is 23.7 Å². The number of aryl methyl sites for hydroxylation is 1. The van der Waals surface area contributed by atoms with E-state index in [1.807, 2.05) is 13.8 Å². The van der Waals surface area contributed by atoms with Gasteiger partial charge in [0.1, 0.15) is 11.8 Å². The summed E-state index contributed by atoms with van der Waals surface area (Å²) in [7, 11) is 0. The van der Waals surface area contributed by atoms with Crippen LogP contribution in [0.5, 0.6) is 0 Å². The first-order valence-corrected chi connectivity index (χ1v) is 6.16. The van der Waals surface area contributed by atoms with Crippen LogP contribution < -0.4 is 0 Å². The van der Waals surface area contributed by atoms with Gasteiger partial charge < -0.3 is 14.4 Å². The van der Waals surface area contributed by atoms with Crippen molar-refractivity contribution in [2.45, 2.75) is 32.7 Å². The summed E-state index contributed by atoms with van der Waals surface area (Å²) in [5.74, 6) is -0.570. The predicted octanol–water partition coefficient (Wildman–Crippen LogP) is 1.78. The van der Waals surface area contributed by atoms with Gasteiger partial charge in [0, 0.05) is 13.0 Å². The van der Waals surface area contributed by atoms with Gasteiger partial charge >= 0.3 is 5.97 Å². The SMILES string of the molecule is CCc1occc1C(=O)N1CCC(C)C1C(=O)O. The van der Waals surface area contributed by atoms with Crippen molar-refractivity contribution >= 4 is 11.9 Å². The summed E-state index contributed by atoms with van der Waals surface area (Å²) in [6.07, 6.45) is 2.82. The molecule has 1 N–H and O–H groups in total. The molecule has 0 spiro atoms. The molecule has 0 aromatic carbocycles. The lowest BCUT2D eigenvalue weighted by atomic mass is 10.0. The third-order valence-electron chi connectivity index (χ3n) is 3.51. The molecule has 2 heterocycles. The number of nitrogens with zero attached hydrogens (tertiary/aromatic N) is 1. The molecule has 18 heavy (non-hydrogen) atoms. The van der Waals surface area contributed by atoms with Gasteiger partial charge in [-0.2, -0.15) is 0 Å². The average molecular weight is 251 g/mol. The van der Waals surface area contributed by atoms with Crippen LogP contribution in [0.2, 0.25) is 0 Å². The Balaban J connectivity index is 2.26. The highest BCUT2D eigenvalue weighted by molar-refractivity contribution is 5.97. The largest absolute Gasteiger partial charge is 0.480 e. The van der Waals surface area contributed by atoms with Crippen molar-refractivity contribution in [3.63, 3.8) is 0 Å². The highest BCUT2D eigenvalue weighted by Gasteiger charge is 2.40. The molecule has 1 aliphatic heterocycles. The number of carboxylic acid groups (broad SMARTS) is 1. The fourth-order valence-corrected chi connectivity index (χ4v) is 2.51. The van der Waals surface area contributed by atoms with Crippen LogP contribution in [0.25, 0.3) is 0 Å². The van der Waals surface area contributed by atoms with Crippen molar-refractivity contribution in [1.82, 2.24) is 4.90 Å². The standard InChI is InChI=1S/C13H17NO4/c1-3-10-9(5-7-18-10)12(15)14-6-4-8(2)11(14)13(16)17/h5,7-8,11H,3-4,6H2,1-2H3,(H,16,17). The Hall–Kier alpha value is -1.78. The van der Waals surface area contributed by atoms with Gasteiger partial charge in [-0.3, -0.25) is 4.79 Å².